The molecule has 128 valence electrons. The molecule has 0 fully saturated rings. The standard InChI is InChI=1S/C21H20O4/c1-2-18(23)21-19(24)11-14(12-20(21)25)17-9-4-3-8-16(17)13-6-5-7-15(22)10-13/h3-10,14,22,24H,2,11-12H2,1H3. The summed E-state index contributed by atoms with van der Waals surface area (Å²) in [7, 11) is 0. The molecule has 0 aromatic heterocycles. The highest BCUT2D eigenvalue weighted by Crippen LogP contribution is 2.39. The summed E-state index contributed by atoms with van der Waals surface area (Å²) < 4.78 is 0. The van der Waals surface area contributed by atoms with Crippen LogP contribution in [0.2, 0.25) is 0 Å². The highest BCUT2D eigenvalue weighted by molar-refractivity contribution is 6.21. The summed E-state index contributed by atoms with van der Waals surface area (Å²) in [5.41, 5.74) is 2.65. The van der Waals surface area contributed by atoms with Crippen LogP contribution >= 0.6 is 0 Å². The molecule has 4 nitrogen and oxygen atoms in total. The number of Topliss-reactive ketones (excluding diaryl/α,β-unsaturated/α-hetero) is 2. The molecule has 1 aliphatic carbocycles. The number of carbonyl (C=O) groups is 2. The number of ketones is 2. The van der Waals surface area contributed by atoms with Crippen molar-refractivity contribution in [2.75, 3.05) is 0 Å². The van der Waals surface area contributed by atoms with E-state index < -0.39 is 0 Å². The van der Waals surface area contributed by atoms with E-state index in [1.165, 1.54) is 0 Å². The van der Waals surface area contributed by atoms with Crippen molar-refractivity contribution in [3.05, 3.63) is 65.4 Å². The third kappa shape index (κ3) is 3.33. The summed E-state index contributed by atoms with van der Waals surface area (Å²) in [6, 6.07) is 14.6. The first-order chi connectivity index (χ1) is 12.0. The van der Waals surface area contributed by atoms with Crippen LogP contribution in [0.5, 0.6) is 5.75 Å². The van der Waals surface area contributed by atoms with Gasteiger partial charge in [-0.15, -0.1) is 0 Å². The van der Waals surface area contributed by atoms with Crippen molar-refractivity contribution in [1.29, 1.82) is 0 Å². The van der Waals surface area contributed by atoms with E-state index in [4.69, 9.17) is 0 Å². The average molecular weight is 336 g/mol. The van der Waals surface area contributed by atoms with Crippen molar-refractivity contribution < 1.29 is 19.8 Å². The SMILES string of the molecule is CCC(=O)C1=C(O)CC(c2ccccc2-c2cccc(O)c2)CC1=O. The molecule has 0 amide bonds. The van der Waals surface area contributed by atoms with E-state index in [1.54, 1.807) is 25.1 Å². The Balaban J connectivity index is 2.01. The monoisotopic (exact) mass is 336 g/mol. The molecule has 2 N–H and O–H groups in total. The van der Waals surface area contributed by atoms with Gasteiger partial charge in [-0.05, 0) is 34.7 Å². The van der Waals surface area contributed by atoms with Crippen molar-refractivity contribution in [3.63, 3.8) is 0 Å². The lowest BCUT2D eigenvalue weighted by atomic mass is 9.79. The zero-order valence-electron chi connectivity index (χ0n) is 14.0. The van der Waals surface area contributed by atoms with Gasteiger partial charge in [0.15, 0.2) is 11.6 Å². The summed E-state index contributed by atoms with van der Waals surface area (Å²) in [5, 5.41) is 20.0. The van der Waals surface area contributed by atoms with Crippen LogP contribution in [0.4, 0.5) is 0 Å². The van der Waals surface area contributed by atoms with E-state index in [9.17, 15) is 19.8 Å². The van der Waals surface area contributed by atoms with E-state index in [2.05, 4.69) is 0 Å². The minimum atomic E-state index is -0.304. The van der Waals surface area contributed by atoms with Crippen molar-refractivity contribution in [2.45, 2.75) is 32.1 Å². The number of benzene rings is 2. The lowest BCUT2D eigenvalue weighted by Crippen LogP contribution is -2.23. The molecular weight excluding hydrogens is 316 g/mol. The smallest absolute Gasteiger partial charge is 0.170 e. The maximum absolute atomic E-state index is 12.4. The van der Waals surface area contributed by atoms with Gasteiger partial charge in [0.1, 0.15) is 11.5 Å². The lowest BCUT2D eigenvalue weighted by molar-refractivity contribution is -0.122. The van der Waals surface area contributed by atoms with Gasteiger partial charge in [-0.3, -0.25) is 9.59 Å². The van der Waals surface area contributed by atoms with Crippen LogP contribution in [-0.2, 0) is 9.59 Å². The number of phenols is 1. The van der Waals surface area contributed by atoms with Crippen molar-refractivity contribution in [3.8, 4) is 16.9 Å². The summed E-state index contributed by atoms with van der Waals surface area (Å²) in [4.78, 5) is 24.3. The third-order valence-corrected chi connectivity index (χ3v) is 4.60. The third-order valence-electron chi connectivity index (χ3n) is 4.60. The normalized spacial score (nSPS) is 17.6. The summed E-state index contributed by atoms with van der Waals surface area (Å²) in [6.45, 7) is 1.68. The van der Waals surface area contributed by atoms with E-state index >= 15 is 0 Å². The van der Waals surface area contributed by atoms with E-state index in [-0.39, 0.29) is 53.8 Å². The van der Waals surface area contributed by atoms with Gasteiger partial charge in [0.2, 0.25) is 0 Å². The Hall–Kier alpha value is -2.88. The van der Waals surface area contributed by atoms with E-state index in [0.29, 0.717) is 0 Å². The minimum absolute atomic E-state index is 0.0337. The number of aromatic hydroxyl groups is 1. The van der Waals surface area contributed by atoms with Crippen LogP contribution in [0.1, 0.15) is 37.7 Å². The number of allylic oxidation sites excluding steroid dienone is 2. The summed E-state index contributed by atoms with van der Waals surface area (Å²) in [5.74, 6) is -0.739. The molecule has 0 saturated heterocycles. The van der Waals surface area contributed by atoms with Crippen LogP contribution in [0.3, 0.4) is 0 Å². The first-order valence-corrected chi connectivity index (χ1v) is 8.38. The molecule has 4 heteroatoms. The molecule has 0 heterocycles. The lowest BCUT2D eigenvalue weighted by Gasteiger charge is -2.25. The zero-order chi connectivity index (χ0) is 18.0. The topological polar surface area (TPSA) is 74.6 Å². The molecule has 0 radical (unpaired) electrons. The Kier molecular flexibility index (Phi) is 4.70. The van der Waals surface area contributed by atoms with Crippen LogP contribution in [0, 0.1) is 0 Å². The Morgan fingerprint density at radius 2 is 1.84 bits per heavy atom. The van der Waals surface area contributed by atoms with Gasteiger partial charge in [-0.2, -0.15) is 0 Å². The predicted octanol–water partition coefficient (Wildman–Crippen LogP) is 4.30. The largest absolute Gasteiger partial charge is 0.511 e. The van der Waals surface area contributed by atoms with Crippen LogP contribution in [0.25, 0.3) is 11.1 Å². The highest BCUT2D eigenvalue weighted by Gasteiger charge is 2.32. The number of aliphatic hydroxyl groups excluding tert-OH is 1. The van der Waals surface area contributed by atoms with E-state index in [0.717, 1.165) is 16.7 Å². The number of carbonyl (C=O) groups excluding carboxylic acids is 2. The van der Waals surface area contributed by atoms with Crippen molar-refractivity contribution >= 4 is 11.6 Å². The Bertz CT molecular complexity index is 864. The van der Waals surface area contributed by atoms with Crippen LogP contribution in [-0.4, -0.2) is 21.8 Å². The van der Waals surface area contributed by atoms with Gasteiger partial charge >= 0.3 is 0 Å². The fourth-order valence-electron chi connectivity index (χ4n) is 3.40. The second-order valence-electron chi connectivity index (χ2n) is 6.26. The number of phenolic OH excluding ortho intramolecular Hbond substituents is 1. The first kappa shape index (κ1) is 17.0. The van der Waals surface area contributed by atoms with Crippen molar-refractivity contribution in [1.82, 2.24) is 0 Å². The van der Waals surface area contributed by atoms with Gasteiger partial charge in [0.05, 0.1) is 5.57 Å². The second-order valence-corrected chi connectivity index (χ2v) is 6.26. The number of hydrogen-bond donors (Lipinski definition) is 2. The molecule has 2 aromatic rings. The average Bonchev–Trinajstić information content (AvgIpc) is 2.61. The first-order valence-electron chi connectivity index (χ1n) is 8.38. The zero-order valence-corrected chi connectivity index (χ0v) is 14.0. The quantitative estimate of drug-likeness (QED) is 0.817. The molecule has 0 spiro atoms. The molecule has 1 aliphatic rings. The van der Waals surface area contributed by atoms with E-state index in [1.807, 2.05) is 30.3 Å². The van der Waals surface area contributed by atoms with Gasteiger partial charge in [0.25, 0.3) is 0 Å². The minimum Gasteiger partial charge on any atom is -0.511 e. The molecule has 0 saturated carbocycles. The Morgan fingerprint density at radius 3 is 2.52 bits per heavy atom. The van der Waals surface area contributed by atoms with Crippen LogP contribution in [0.15, 0.2) is 59.9 Å². The molecule has 1 atom stereocenters. The fraction of sp³-hybridized carbons (Fsp3) is 0.238. The maximum atomic E-state index is 12.4. The molecule has 3 rings (SSSR count). The van der Waals surface area contributed by atoms with Crippen molar-refractivity contribution in [2.24, 2.45) is 0 Å². The molecular formula is C21H20O4. The fourth-order valence-corrected chi connectivity index (χ4v) is 3.40. The number of rotatable bonds is 4. The Morgan fingerprint density at radius 1 is 1.08 bits per heavy atom. The van der Waals surface area contributed by atoms with Crippen LogP contribution < -0.4 is 0 Å². The van der Waals surface area contributed by atoms with Gasteiger partial charge < -0.3 is 10.2 Å². The summed E-state index contributed by atoms with van der Waals surface area (Å²) >= 11 is 0. The maximum Gasteiger partial charge on any atom is 0.170 e. The van der Waals surface area contributed by atoms with Gasteiger partial charge in [-0.1, -0.05) is 43.3 Å². The number of hydrogen-bond acceptors (Lipinski definition) is 4. The predicted molar refractivity (Wildman–Crippen MR) is 95.5 cm³/mol. The number of aliphatic hydroxyl groups is 1. The second kappa shape index (κ2) is 6.93. The Labute approximate surface area is 146 Å². The molecule has 0 bridgehead atoms. The highest BCUT2D eigenvalue weighted by atomic mass is 16.3. The molecule has 25 heavy (non-hydrogen) atoms. The molecule has 2 aromatic carbocycles. The van der Waals surface area contributed by atoms with Gasteiger partial charge in [0, 0.05) is 19.3 Å². The molecule has 0 aliphatic heterocycles. The summed E-state index contributed by atoms with van der Waals surface area (Å²) in [6.07, 6.45) is 0.666. The van der Waals surface area contributed by atoms with Gasteiger partial charge in [-0.25, -0.2) is 0 Å². The molecule has 1 unspecified atom stereocenters.